The summed E-state index contributed by atoms with van der Waals surface area (Å²) in [7, 11) is 0. The van der Waals surface area contributed by atoms with Crippen LogP contribution in [0.2, 0.25) is 10.0 Å². The molecule has 42 heavy (non-hydrogen) atoms. The van der Waals surface area contributed by atoms with E-state index in [1.807, 2.05) is 50.2 Å². The van der Waals surface area contributed by atoms with Gasteiger partial charge in [0.2, 0.25) is 0 Å². The van der Waals surface area contributed by atoms with Gasteiger partial charge in [-0.25, -0.2) is 9.03 Å². The van der Waals surface area contributed by atoms with Gasteiger partial charge in [-0.2, -0.15) is 10.2 Å². The third kappa shape index (κ3) is 4.53. The Morgan fingerprint density at radius 1 is 0.667 bits per heavy atom. The summed E-state index contributed by atoms with van der Waals surface area (Å²) in [4.78, 5) is 26.2. The molecular formula is C30H28Cl2N8O2. The zero-order valence-electron chi connectivity index (χ0n) is 23.0. The van der Waals surface area contributed by atoms with Crippen LogP contribution in [-0.2, 0) is 13.1 Å². The number of aromatic nitrogens is 6. The lowest BCUT2D eigenvalue weighted by Gasteiger charge is -2.12. The quantitative estimate of drug-likeness (QED) is 0.282. The minimum absolute atomic E-state index is 0.167. The fraction of sp³-hybridized carbons (Fsp3) is 0.200. The molecule has 0 atom stereocenters. The third-order valence-electron chi connectivity index (χ3n) is 7.41. The molecule has 0 fully saturated rings. The lowest BCUT2D eigenvalue weighted by molar-refractivity contribution is 0.651. The third-order valence-corrected chi connectivity index (χ3v) is 8.23. The van der Waals surface area contributed by atoms with Crippen LogP contribution in [0.5, 0.6) is 0 Å². The molecule has 0 aliphatic heterocycles. The highest BCUT2D eigenvalue weighted by Gasteiger charge is 2.20. The first-order valence-corrected chi connectivity index (χ1v) is 14.2. The molecule has 0 saturated heterocycles. The number of hydrogen-bond donors (Lipinski definition) is 2. The Labute approximate surface area is 250 Å². The summed E-state index contributed by atoms with van der Waals surface area (Å²) in [5.74, 6) is 0. The molecule has 0 spiro atoms. The van der Waals surface area contributed by atoms with Crippen molar-refractivity contribution in [2.45, 2.75) is 26.9 Å². The monoisotopic (exact) mass is 602 g/mol. The van der Waals surface area contributed by atoms with Gasteiger partial charge in [0.15, 0.2) is 0 Å². The van der Waals surface area contributed by atoms with E-state index in [1.165, 1.54) is 0 Å². The van der Waals surface area contributed by atoms with Gasteiger partial charge >= 0.3 is 0 Å². The maximum absolute atomic E-state index is 13.1. The summed E-state index contributed by atoms with van der Waals surface area (Å²) >= 11 is 14.0. The number of nitrogens with two attached hydrogens (primary N) is 2. The van der Waals surface area contributed by atoms with E-state index in [2.05, 4.69) is 10.2 Å². The van der Waals surface area contributed by atoms with E-state index >= 15 is 0 Å². The maximum atomic E-state index is 13.1. The van der Waals surface area contributed by atoms with E-state index in [9.17, 15) is 9.59 Å². The molecule has 0 radical (unpaired) electrons. The number of aryl methyl sites for hydroxylation is 2. The molecule has 12 heteroatoms. The average molecular weight is 604 g/mol. The van der Waals surface area contributed by atoms with Crippen LogP contribution in [-0.4, -0.2) is 41.5 Å². The van der Waals surface area contributed by atoms with Crippen LogP contribution in [0.4, 0.5) is 0 Å². The van der Waals surface area contributed by atoms with Gasteiger partial charge in [-0.05, 0) is 26.0 Å². The Bertz CT molecular complexity index is 1970. The lowest BCUT2D eigenvalue weighted by Crippen LogP contribution is -2.27. The van der Waals surface area contributed by atoms with Crippen LogP contribution in [0.15, 0.2) is 70.5 Å². The Hall–Kier alpha value is -4.22. The Morgan fingerprint density at radius 3 is 1.43 bits per heavy atom. The molecule has 0 aliphatic carbocycles. The first-order chi connectivity index (χ1) is 20.2. The molecule has 0 saturated carbocycles. The van der Waals surface area contributed by atoms with Crippen molar-refractivity contribution in [2.24, 2.45) is 11.5 Å². The summed E-state index contributed by atoms with van der Waals surface area (Å²) in [6.45, 7) is 5.24. The molecule has 4 aromatic heterocycles. The Morgan fingerprint density at radius 2 is 1.05 bits per heavy atom. The van der Waals surface area contributed by atoms with Crippen LogP contribution < -0.4 is 22.6 Å². The summed E-state index contributed by atoms with van der Waals surface area (Å²) < 4.78 is 6.42. The van der Waals surface area contributed by atoms with Crippen LogP contribution in [0.25, 0.3) is 44.7 Å². The molecule has 6 aromatic rings. The first kappa shape index (κ1) is 27.9. The average Bonchev–Trinajstić information content (AvgIpc) is 3.58. The van der Waals surface area contributed by atoms with E-state index in [0.717, 1.165) is 11.4 Å². The van der Waals surface area contributed by atoms with Crippen molar-refractivity contribution in [1.82, 2.24) is 28.4 Å². The molecule has 214 valence electrons. The zero-order chi connectivity index (χ0) is 29.7. The van der Waals surface area contributed by atoms with Gasteiger partial charge in [0.1, 0.15) is 11.0 Å². The second kappa shape index (κ2) is 10.9. The largest absolute Gasteiger partial charge is 0.329 e. The molecule has 0 amide bonds. The smallest absolute Gasteiger partial charge is 0.276 e. The maximum Gasteiger partial charge on any atom is 0.276 e. The summed E-state index contributed by atoms with van der Waals surface area (Å²) in [6.07, 6.45) is 3.60. The summed E-state index contributed by atoms with van der Waals surface area (Å²) in [5, 5.41) is 10.2. The van der Waals surface area contributed by atoms with Gasteiger partial charge in [-0.1, -0.05) is 59.6 Å². The fourth-order valence-electron chi connectivity index (χ4n) is 5.35. The van der Waals surface area contributed by atoms with Crippen molar-refractivity contribution < 1.29 is 0 Å². The highest BCUT2D eigenvalue weighted by molar-refractivity contribution is 6.39. The van der Waals surface area contributed by atoms with Crippen molar-refractivity contribution >= 4 is 34.2 Å². The zero-order valence-corrected chi connectivity index (χ0v) is 24.5. The van der Waals surface area contributed by atoms with Gasteiger partial charge < -0.3 is 20.6 Å². The van der Waals surface area contributed by atoms with Crippen molar-refractivity contribution in [2.75, 3.05) is 13.1 Å². The molecule has 2 aromatic carbocycles. The molecule has 0 bridgehead atoms. The minimum Gasteiger partial charge on any atom is -0.329 e. The van der Waals surface area contributed by atoms with Crippen molar-refractivity contribution in [3.05, 3.63) is 103 Å². The SMILES string of the molecule is Cc1cn2nc(-c3cccc(-c4cccc(-c5cc6c(=O)n(CCN)c(C)cn6n5)c4Cl)c3Cl)cc2c(=O)n1CCN. The van der Waals surface area contributed by atoms with Gasteiger partial charge in [-0.15, -0.1) is 0 Å². The molecule has 4 N–H and O–H groups in total. The van der Waals surface area contributed by atoms with Crippen molar-refractivity contribution in [3.63, 3.8) is 0 Å². The van der Waals surface area contributed by atoms with Crippen LogP contribution in [0.3, 0.4) is 0 Å². The number of rotatable bonds is 7. The summed E-state index contributed by atoms with van der Waals surface area (Å²) in [5.41, 5.74) is 17.3. The second-order valence-electron chi connectivity index (χ2n) is 10.1. The van der Waals surface area contributed by atoms with Gasteiger partial charge in [0, 0.05) is 72.2 Å². The van der Waals surface area contributed by atoms with Crippen molar-refractivity contribution in [3.8, 4) is 33.6 Å². The predicted molar refractivity (Wildman–Crippen MR) is 166 cm³/mol. The standard InChI is InChI=1S/C30H28Cl2N8O2/c1-17-15-39-25(29(41)37(17)11-9-33)13-23(35-39)21-7-3-5-19(27(21)31)20-6-4-8-22(28(20)32)24-14-26-30(42)38(12-10-34)18(2)16-40(26)36-24/h3-8,13-16H,9-12,33-34H2,1-2H3. The van der Waals surface area contributed by atoms with E-state index in [0.29, 0.717) is 80.9 Å². The van der Waals surface area contributed by atoms with Crippen LogP contribution in [0.1, 0.15) is 11.4 Å². The van der Waals surface area contributed by atoms with E-state index in [1.54, 1.807) is 42.7 Å². The second-order valence-corrected chi connectivity index (χ2v) is 10.8. The molecule has 0 aliphatic rings. The fourth-order valence-corrected chi connectivity index (χ4v) is 6.00. The number of hydrogen-bond acceptors (Lipinski definition) is 6. The first-order valence-electron chi connectivity index (χ1n) is 13.4. The molecule has 6 rings (SSSR count). The number of benzene rings is 2. The number of halogens is 2. The number of nitrogens with zero attached hydrogens (tertiary/aromatic N) is 6. The molecule has 0 unspecified atom stereocenters. The van der Waals surface area contributed by atoms with Gasteiger partial charge in [0.25, 0.3) is 11.1 Å². The van der Waals surface area contributed by atoms with E-state index in [4.69, 9.17) is 34.7 Å². The summed E-state index contributed by atoms with van der Waals surface area (Å²) in [6, 6.07) is 14.7. The highest BCUT2D eigenvalue weighted by atomic mass is 35.5. The predicted octanol–water partition coefficient (Wildman–Crippen LogP) is 4.15. The Kier molecular flexibility index (Phi) is 7.24. The molecule has 4 heterocycles. The normalized spacial score (nSPS) is 11.7. The van der Waals surface area contributed by atoms with Crippen molar-refractivity contribution in [1.29, 1.82) is 0 Å². The van der Waals surface area contributed by atoms with E-state index < -0.39 is 0 Å². The molecular weight excluding hydrogens is 575 g/mol. The lowest BCUT2D eigenvalue weighted by atomic mass is 9.98. The topological polar surface area (TPSA) is 131 Å². The van der Waals surface area contributed by atoms with Gasteiger partial charge in [0.05, 0.1) is 21.4 Å². The number of fused-ring (bicyclic) bond motifs is 2. The minimum atomic E-state index is -0.167. The van der Waals surface area contributed by atoms with Crippen LogP contribution in [0, 0.1) is 13.8 Å². The van der Waals surface area contributed by atoms with Gasteiger partial charge in [-0.3, -0.25) is 9.59 Å². The van der Waals surface area contributed by atoms with E-state index in [-0.39, 0.29) is 11.1 Å². The van der Waals surface area contributed by atoms with Crippen LogP contribution >= 0.6 is 23.2 Å². The Balaban J connectivity index is 1.45. The molecule has 10 nitrogen and oxygen atoms in total. The highest BCUT2D eigenvalue weighted by Crippen LogP contribution is 2.42.